The number of hydrogen-bond acceptors (Lipinski definition) is 2. The summed E-state index contributed by atoms with van der Waals surface area (Å²) in [5.41, 5.74) is 12.1. The fourth-order valence-electron chi connectivity index (χ4n) is 2.27. The first-order chi connectivity index (χ1) is 6.05. The Balaban J connectivity index is 2.35. The molecule has 0 aromatic carbocycles. The summed E-state index contributed by atoms with van der Waals surface area (Å²) in [5.74, 6) is 0.769. The minimum Gasteiger partial charge on any atom is -0.330 e. The Morgan fingerprint density at radius 1 is 1.31 bits per heavy atom. The van der Waals surface area contributed by atoms with Gasteiger partial charge in [0.1, 0.15) is 0 Å². The van der Waals surface area contributed by atoms with Gasteiger partial charge in [-0.15, -0.1) is 0 Å². The fraction of sp³-hybridized carbons (Fsp3) is 1.00. The fourth-order valence-corrected chi connectivity index (χ4v) is 2.27. The molecule has 0 heterocycles. The van der Waals surface area contributed by atoms with Crippen LogP contribution < -0.4 is 11.5 Å². The van der Waals surface area contributed by atoms with E-state index in [4.69, 9.17) is 11.5 Å². The van der Waals surface area contributed by atoms with Crippen molar-refractivity contribution in [1.82, 2.24) is 0 Å². The van der Waals surface area contributed by atoms with Crippen LogP contribution >= 0.6 is 0 Å². The molecule has 1 rings (SSSR count). The second-order valence-corrected chi connectivity index (χ2v) is 5.28. The van der Waals surface area contributed by atoms with Crippen LogP contribution in [0, 0.1) is 11.3 Å². The molecule has 0 saturated heterocycles. The van der Waals surface area contributed by atoms with E-state index >= 15 is 0 Å². The lowest BCUT2D eigenvalue weighted by atomic mass is 9.81. The van der Waals surface area contributed by atoms with Crippen molar-refractivity contribution in [2.75, 3.05) is 6.54 Å². The van der Waals surface area contributed by atoms with Crippen LogP contribution in [0.25, 0.3) is 0 Å². The topological polar surface area (TPSA) is 52.0 Å². The summed E-state index contributed by atoms with van der Waals surface area (Å²) in [7, 11) is 0. The Morgan fingerprint density at radius 3 is 2.31 bits per heavy atom. The maximum atomic E-state index is 6.19. The van der Waals surface area contributed by atoms with Gasteiger partial charge in [0.2, 0.25) is 0 Å². The minimum atomic E-state index is 0.224. The third kappa shape index (κ3) is 3.28. The van der Waals surface area contributed by atoms with Crippen LogP contribution in [0.1, 0.15) is 46.0 Å². The maximum Gasteiger partial charge on any atom is 0.00727 e. The van der Waals surface area contributed by atoms with Crippen LogP contribution in [0.15, 0.2) is 0 Å². The maximum absolute atomic E-state index is 6.19. The molecule has 1 unspecified atom stereocenters. The van der Waals surface area contributed by atoms with Gasteiger partial charge in [-0.05, 0) is 37.1 Å². The molecule has 2 heteroatoms. The van der Waals surface area contributed by atoms with Crippen molar-refractivity contribution >= 4 is 0 Å². The lowest BCUT2D eigenvalue weighted by molar-refractivity contribution is 0.269. The van der Waals surface area contributed by atoms with Crippen LogP contribution in [0.4, 0.5) is 0 Å². The molecule has 78 valence electrons. The van der Waals surface area contributed by atoms with Gasteiger partial charge >= 0.3 is 0 Å². The van der Waals surface area contributed by atoms with Gasteiger partial charge in [0.25, 0.3) is 0 Å². The summed E-state index contributed by atoms with van der Waals surface area (Å²) in [4.78, 5) is 0. The minimum absolute atomic E-state index is 0.224. The normalized spacial score (nSPS) is 22.2. The molecule has 1 saturated carbocycles. The highest BCUT2D eigenvalue weighted by Gasteiger charge is 2.27. The Morgan fingerprint density at radius 2 is 1.85 bits per heavy atom. The molecule has 0 aromatic rings. The Kier molecular flexibility index (Phi) is 3.74. The molecule has 2 nitrogen and oxygen atoms in total. The van der Waals surface area contributed by atoms with Crippen LogP contribution in [-0.4, -0.2) is 12.6 Å². The second-order valence-electron chi connectivity index (χ2n) is 5.28. The van der Waals surface area contributed by atoms with Crippen LogP contribution in [0.5, 0.6) is 0 Å². The summed E-state index contributed by atoms with van der Waals surface area (Å²) < 4.78 is 0. The summed E-state index contributed by atoms with van der Waals surface area (Å²) in [6, 6.07) is 0.376. The summed E-state index contributed by atoms with van der Waals surface area (Å²) >= 11 is 0. The van der Waals surface area contributed by atoms with Crippen LogP contribution in [0.3, 0.4) is 0 Å². The SMILES string of the molecule is CC(C)(CN)CC(N)C1CCCC1. The van der Waals surface area contributed by atoms with E-state index in [1.165, 1.54) is 25.7 Å². The zero-order valence-electron chi connectivity index (χ0n) is 9.05. The molecule has 0 aromatic heterocycles. The molecule has 13 heavy (non-hydrogen) atoms. The second kappa shape index (κ2) is 4.43. The zero-order chi connectivity index (χ0) is 9.90. The first-order valence-electron chi connectivity index (χ1n) is 5.51. The Hall–Kier alpha value is -0.0800. The average Bonchev–Trinajstić information content (AvgIpc) is 2.55. The van der Waals surface area contributed by atoms with Gasteiger partial charge < -0.3 is 11.5 Å². The average molecular weight is 184 g/mol. The van der Waals surface area contributed by atoms with Gasteiger partial charge in [-0.3, -0.25) is 0 Å². The van der Waals surface area contributed by atoms with E-state index in [9.17, 15) is 0 Å². The number of rotatable bonds is 4. The van der Waals surface area contributed by atoms with E-state index in [1.807, 2.05) is 0 Å². The lowest BCUT2D eigenvalue weighted by Gasteiger charge is -2.29. The summed E-state index contributed by atoms with van der Waals surface area (Å²) in [5, 5.41) is 0. The Labute approximate surface area is 82.1 Å². The molecule has 0 aliphatic heterocycles. The summed E-state index contributed by atoms with van der Waals surface area (Å²) in [6.07, 6.45) is 6.50. The lowest BCUT2D eigenvalue weighted by Crippen LogP contribution is -2.37. The monoisotopic (exact) mass is 184 g/mol. The highest BCUT2D eigenvalue weighted by Crippen LogP contribution is 2.32. The van der Waals surface area contributed by atoms with Gasteiger partial charge in [-0.25, -0.2) is 0 Å². The van der Waals surface area contributed by atoms with E-state index in [0.29, 0.717) is 6.04 Å². The molecular formula is C11H24N2. The quantitative estimate of drug-likeness (QED) is 0.701. The van der Waals surface area contributed by atoms with Crippen molar-refractivity contribution in [3.63, 3.8) is 0 Å². The molecule has 0 bridgehead atoms. The summed E-state index contributed by atoms with van der Waals surface area (Å²) in [6.45, 7) is 5.16. The van der Waals surface area contributed by atoms with Gasteiger partial charge in [0, 0.05) is 6.04 Å². The van der Waals surface area contributed by atoms with Crippen molar-refractivity contribution < 1.29 is 0 Å². The van der Waals surface area contributed by atoms with Crippen molar-refractivity contribution in [1.29, 1.82) is 0 Å². The molecule has 1 aliphatic rings. The third-order valence-corrected chi connectivity index (χ3v) is 3.35. The molecule has 0 spiro atoms. The van der Waals surface area contributed by atoms with Gasteiger partial charge in [0.15, 0.2) is 0 Å². The van der Waals surface area contributed by atoms with E-state index in [0.717, 1.165) is 18.9 Å². The molecule has 0 radical (unpaired) electrons. The predicted molar refractivity (Wildman–Crippen MR) is 57.4 cm³/mol. The first kappa shape index (κ1) is 11.0. The number of hydrogen-bond donors (Lipinski definition) is 2. The standard InChI is InChI=1S/C11H24N2/c1-11(2,8-12)7-10(13)9-5-3-4-6-9/h9-10H,3-8,12-13H2,1-2H3. The highest BCUT2D eigenvalue weighted by atomic mass is 14.7. The number of nitrogens with two attached hydrogens (primary N) is 2. The first-order valence-corrected chi connectivity index (χ1v) is 5.51. The van der Waals surface area contributed by atoms with Crippen molar-refractivity contribution in [3.8, 4) is 0 Å². The Bertz CT molecular complexity index is 148. The van der Waals surface area contributed by atoms with Gasteiger partial charge in [0.05, 0.1) is 0 Å². The van der Waals surface area contributed by atoms with Crippen LogP contribution in [-0.2, 0) is 0 Å². The van der Waals surface area contributed by atoms with Crippen molar-refractivity contribution in [2.24, 2.45) is 22.8 Å². The van der Waals surface area contributed by atoms with Gasteiger partial charge in [-0.2, -0.15) is 0 Å². The molecule has 0 amide bonds. The van der Waals surface area contributed by atoms with Crippen LogP contribution in [0.2, 0.25) is 0 Å². The molecule has 1 fully saturated rings. The molecule has 1 aliphatic carbocycles. The van der Waals surface area contributed by atoms with Gasteiger partial charge in [-0.1, -0.05) is 26.7 Å². The highest BCUT2D eigenvalue weighted by molar-refractivity contribution is 4.83. The zero-order valence-corrected chi connectivity index (χ0v) is 9.05. The predicted octanol–water partition coefficient (Wildman–Crippen LogP) is 1.88. The molecule has 4 N–H and O–H groups in total. The van der Waals surface area contributed by atoms with Crippen molar-refractivity contribution in [3.05, 3.63) is 0 Å². The third-order valence-electron chi connectivity index (χ3n) is 3.35. The smallest absolute Gasteiger partial charge is 0.00727 e. The largest absolute Gasteiger partial charge is 0.330 e. The van der Waals surface area contributed by atoms with Crippen molar-refractivity contribution in [2.45, 2.75) is 52.0 Å². The van der Waals surface area contributed by atoms with E-state index in [2.05, 4.69) is 13.8 Å². The molecular weight excluding hydrogens is 160 g/mol. The van der Waals surface area contributed by atoms with E-state index < -0.39 is 0 Å². The molecule has 1 atom stereocenters. The van der Waals surface area contributed by atoms with E-state index in [1.54, 1.807) is 0 Å². The van der Waals surface area contributed by atoms with E-state index in [-0.39, 0.29) is 5.41 Å².